The van der Waals surface area contributed by atoms with Crippen molar-refractivity contribution in [1.29, 1.82) is 0 Å². The molecule has 0 saturated carbocycles. The van der Waals surface area contributed by atoms with Crippen molar-refractivity contribution in [2.24, 2.45) is 0 Å². The van der Waals surface area contributed by atoms with Gasteiger partial charge in [-0.3, -0.25) is 0 Å². The first kappa shape index (κ1) is 6.90. The average Bonchev–Trinajstić information content (AvgIpc) is 2.27. The molecular weight excluding hydrogens is 255 g/mol. The van der Waals surface area contributed by atoms with Crippen molar-refractivity contribution in [2.45, 2.75) is 0 Å². The second kappa shape index (κ2) is 2.37. The van der Waals surface area contributed by atoms with E-state index in [0.29, 0.717) is 0 Å². The Morgan fingerprint density at radius 2 is 2.27 bits per heavy atom. The van der Waals surface area contributed by atoms with Crippen molar-refractivity contribution in [2.75, 3.05) is 5.32 Å². The monoisotopic (exact) mass is 259 g/mol. The van der Waals surface area contributed by atoms with Gasteiger partial charge >= 0.3 is 6.03 Å². The van der Waals surface area contributed by atoms with Crippen LogP contribution in [-0.4, -0.2) is 6.03 Å². The molecule has 11 heavy (non-hydrogen) atoms. The number of nitrogens with zero attached hydrogens (tertiary/aromatic N) is 1. The number of urea groups is 1. The Kier molecular flexibility index (Phi) is 1.49. The maximum absolute atomic E-state index is 10.7. The van der Waals surface area contributed by atoms with Gasteiger partial charge in [0, 0.05) is 3.57 Å². The fourth-order valence-electron chi connectivity index (χ4n) is 0.956. The second-order valence-electron chi connectivity index (χ2n) is 2.20. The van der Waals surface area contributed by atoms with Crippen LogP contribution < -0.4 is 10.6 Å². The van der Waals surface area contributed by atoms with Gasteiger partial charge in [-0.25, -0.2) is 4.79 Å². The lowest BCUT2D eigenvalue weighted by Gasteiger charge is -1.94. The highest BCUT2D eigenvalue weighted by molar-refractivity contribution is 14.1. The van der Waals surface area contributed by atoms with Crippen LogP contribution in [-0.2, 0) is 0 Å². The van der Waals surface area contributed by atoms with Crippen LogP contribution in [0.1, 0.15) is 0 Å². The Morgan fingerprint density at radius 3 is 3.09 bits per heavy atom. The second-order valence-corrected chi connectivity index (χ2v) is 3.45. The molecule has 0 aliphatic carbocycles. The van der Waals surface area contributed by atoms with Gasteiger partial charge in [0.15, 0.2) is 0 Å². The quantitative estimate of drug-likeness (QED) is 0.712. The summed E-state index contributed by atoms with van der Waals surface area (Å²) in [5.74, 6) is 0. The summed E-state index contributed by atoms with van der Waals surface area (Å²) in [6.07, 6.45) is 0. The molecule has 4 heteroatoms. The molecule has 0 fully saturated rings. The fourth-order valence-corrected chi connectivity index (χ4v) is 1.43. The lowest BCUT2D eigenvalue weighted by atomic mass is 10.3. The molecule has 1 aliphatic rings. The number of halogens is 1. The standard InChI is InChI=1S/C7H4IN2O/c8-4-1-2-5-6(3-4)10-7(11)9-5/h1-3H,(H,9,11). The fraction of sp³-hybridized carbons (Fsp3) is 0. The Morgan fingerprint density at radius 1 is 1.45 bits per heavy atom. The Labute approximate surface area is 77.3 Å². The third kappa shape index (κ3) is 1.18. The van der Waals surface area contributed by atoms with Gasteiger partial charge in [-0.2, -0.15) is 5.32 Å². The van der Waals surface area contributed by atoms with Crippen molar-refractivity contribution >= 4 is 40.0 Å². The summed E-state index contributed by atoms with van der Waals surface area (Å²) in [6, 6.07) is 5.38. The van der Waals surface area contributed by atoms with Crippen LogP contribution in [0.2, 0.25) is 0 Å². The molecule has 1 heterocycles. The number of rotatable bonds is 0. The van der Waals surface area contributed by atoms with E-state index in [1.165, 1.54) is 0 Å². The molecule has 55 valence electrons. The smallest absolute Gasteiger partial charge is 0.304 e. The van der Waals surface area contributed by atoms with Gasteiger partial charge in [-0.1, -0.05) is 0 Å². The minimum Gasteiger partial charge on any atom is -0.304 e. The Bertz CT molecular complexity index is 324. The number of carbonyl (C=O) groups excluding carboxylic acids is 1. The third-order valence-corrected chi connectivity index (χ3v) is 2.09. The van der Waals surface area contributed by atoms with Crippen LogP contribution in [0.3, 0.4) is 0 Å². The lowest BCUT2D eigenvalue weighted by molar-refractivity contribution is 0.256. The number of fused-ring (bicyclic) bond motifs is 1. The number of hydrogen-bond acceptors (Lipinski definition) is 1. The number of anilines is 1. The lowest BCUT2D eigenvalue weighted by Crippen LogP contribution is -2.08. The molecule has 0 aromatic heterocycles. The molecule has 1 radical (unpaired) electrons. The first-order valence-electron chi connectivity index (χ1n) is 3.08. The number of amides is 2. The molecule has 3 nitrogen and oxygen atoms in total. The van der Waals surface area contributed by atoms with Gasteiger partial charge in [0.05, 0.1) is 11.4 Å². The zero-order valence-corrected chi connectivity index (χ0v) is 7.62. The van der Waals surface area contributed by atoms with E-state index in [4.69, 9.17) is 0 Å². The third-order valence-electron chi connectivity index (χ3n) is 1.42. The van der Waals surface area contributed by atoms with Gasteiger partial charge in [0.25, 0.3) is 0 Å². The molecule has 0 saturated heterocycles. The zero-order valence-electron chi connectivity index (χ0n) is 5.47. The van der Waals surface area contributed by atoms with Crippen LogP contribution in [0.4, 0.5) is 16.2 Å². The van der Waals surface area contributed by atoms with Crippen molar-refractivity contribution in [3.05, 3.63) is 21.8 Å². The average molecular weight is 259 g/mol. The summed E-state index contributed by atoms with van der Waals surface area (Å²) in [7, 11) is 0. The van der Waals surface area contributed by atoms with E-state index in [1.54, 1.807) is 0 Å². The highest BCUT2D eigenvalue weighted by Crippen LogP contribution is 2.28. The number of benzene rings is 1. The zero-order chi connectivity index (χ0) is 7.84. The van der Waals surface area contributed by atoms with E-state index < -0.39 is 0 Å². The largest absolute Gasteiger partial charge is 0.346 e. The van der Waals surface area contributed by atoms with Crippen LogP contribution >= 0.6 is 22.6 Å². The van der Waals surface area contributed by atoms with E-state index in [0.717, 1.165) is 14.9 Å². The summed E-state index contributed by atoms with van der Waals surface area (Å²) in [5, 5.41) is 6.37. The topological polar surface area (TPSA) is 43.2 Å². The van der Waals surface area contributed by atoms with Crippen molar-refractivity contribution in [3.8, 4) is 0 Å². The normalized spacial score (nSPS) is 13.7. The predicted octanol–water partition coefficient (Wildman–Crippen LogP) is 2.07. The molecule has 0 spiro atoms. The van der Waals surface area contributed by atoms with Gasteiger partial charge in [0.1, 0.15) is 0 Å². The summed E-state index contributed by atoms with van der Waals surface area (Å²) >= 11 is 2.18. The highest BCUT2D eigenvalue weighted by Gasteiger charge is 2.17. The number of carbonyl (C=O) groups is 1. The molecule has 2 rings (SSSR count). The highest BCUT2D eigenvalue weighted by atomic mass is 127. The van der Waals surface area contributed by atoms with E-state index in [9.17, 15) is 4.79 Å². The van der Waals surface area contributed by atoms with Crippen LogP contribution in [0.25, 0.3) is 0 Å². The summed E-state index contributed by atoms with van der Waals surface area (Å²) in [5.41, 5.74) is 1.54. The molecule has 0 unspecified atom stereocenters. The van der Waals surface area contributed by atoms with Gasteiger partial charge < -0.3 is 5.32 Å². The molecule has 1 aromatic carbocycles. The Hall–Kier alpha value is -0.780. The van der Waals surface area contributed by atoms with Crippen LogP contribution in [0.5, 0.6) is 0 Å². The maximum atomic E-state index is 10.7. The van der Waals surface area contributed by atoms with E-state index >= 15 is 0 Å². The van der Waals surface area contributed by atoms with Crippen molar-refractivity contribution in [3.63, 3.8) is 0 Å². The molecule has 0 atom stereocenters. The molecule has 1 N–H and O–H groups in total. The minimum atomic E-state index is -0.276. The summed E-state index contributed by atoms with van der Waals surface area (Å²) in [6.45, 7) is 0. The van der Waals surface area contributed by atoms with E-state index in [-0.39, 0.29) is 6.03 Å². The first-order chi connectivity index (χ1) is 5.25. The SMILES string of the molecule is O=C1[N]c2cc(I)ccc2N1. The van der Waals surface area contributed by atoms with Crippen LogP contribution in [0, 0.1) is 3.57 Å². The number of nitrogens with one attached hydrogen (secondary N) is 1. The molecule has 2 amide bonds. The van der Waals surface area contributed by atoms with Crippen molar-refractivity contribution in [1.82, 2.24) is 5.32 Å². The minimum absolute atomic E-state index is 0.276. The maximum Gasteiger partial charge on any atom is 0.346 e. The molecule has 1 aromatic rings. The molecule has 0 bridgehead atoms. The molecule has 1 aliphatic heterocycles. The van der Waals surface area contributed by atoms with E-state index in [1.807, 2.05) is 18.2 Å². The summed E-state index contributed by atoms with van der Waals surface area (Å²) < 4.78 is 1.08. The van der Waals surface area contributed by atoms with Gasteiger partial charge in [-0.15, -0.1) is 0 Å². The molecular formula is C7H4IN2O. The van der Waals surface area contributed by atoms with Crippen molar-refractivity contribution < 1.29 is 4.79 Å². The van der Waals surface area contributed by atoms with Gasteiger partial charge in [0.2, 0.25) is 0 Å². The first-order valence-corrected chi connectivity index (χ1v) is 4.16. The van der Waals surface area contributed by atoms with E-state index in [2.05, 4.69) is 33.2 Å². The predicted molar refractivity (Wildman–Crippen MR) is 50.0 cm³/mol. The van der Waals surface area contributed by atoms with Crippen LogP contribution in [0.15, 0.2) is 18.2 Å². The number of hydrogen-bond donors (Lipinski definition) is 1. The summed E-state index contributed by atoms with van der Waals surface area (Å²) in [4.78, 5) is 10.7. The Balaban J connectivity index is 2.51. The van der Waals surface area contributed by atoms with Gasteiger partial charge in [-0.05, 0) is 40.8 Å².